The van der Waals surface area contributed by atoms with Gasteiger partial charge in [-0.15, -0.1) is 0 Å². The Kier molecular flexibility index (Phi) is 4.59. The van der Waals surface area contributed by atoms with Gasteiger partial charge >= 0.3 is 0 Å². The van der Waals surface area contributed by atoms with Crippen LogP contribution in [0.15, 0.2) is 59.6 Å². The van der Waals surface area contributed by atoms with E-state index < -0.39 is 10.0 Å². The number of rotatable bonds is 5. The molecule has 0 aliphatic carbocycles. The van der Waals surface area contributed by atoms with E-state index in [2.05, 4.69) is 9.82 Å². The highest BCUT2D eigenvalue weighted by Gasteiger charge is 2.19. The number of nitrogens with one attached hydrogen (secondary N) is 1. The minimum atomic E-state index is -3.73. The van der Waals surface area contributed by atoms with E-state index in [4.69, 9.17) is 0 Å². The van der Waals surface area contributed by atoms with Crippen LogP contribution in [0.1, 0.15) is 16.7 Å². The summed E-state index contributed by atoms with van der Waals surface area (Å²) >= 11 is 0. The van der Waals surface area contributed by atoms with E-state index in [0.717, 1.165) is 11.1 Å². The summed E-state index contributed by atoms with van der Waals surface area (Å²) in [6.45, 7) is 3.93. The Balaban J connectivity index is 1.87. The molecule has 0 aliphatic heterocycles. The maximum atomic E-state index is 13.0. The number of sulfonamides is 1. The van der Waals surface area contributed by atoms with Gasteiger partial charge in [-0.25, -0.2) is 17.5 Å². The minimum Gasteiger partial charge on any atom is -0.264 e. The maximum absolute atomic E-state index is 13.0. The molecule has 0 amide bonds. The summed E-state index contributed by atoms with van der Waals surface area (Å²) in [6.07, 6.45) is 1.52. The summed E-state index contributed by atoms with van der Waals surface area (Å²) in [7, 11) is -3.73. The third-order valence-corrected chi connectivity index (χ3v) is 5.33. The first-order valence-corrected chi connectivity index (χ1v) is 9.20. The Morgan fingerprint density at radius 1 is 1.08 bits per heavy atom. The predicted octanol–water partition coefficient (Wildman–Crippen LogP) is 3.49. The van der Waals surface area contributed by atoms with Crippen molar-refractivity contribution in [3.05, 3.63) is 77.2 Å². The molecule has 3 rings (SSSR count). The topological polar surface area (TPSA) is 64.0 Å². The number of aromatic nitrogens is 2. The summed E-state index contributed by atoms with van der Waals surface area (Å²) in [4.78, 5) is 0.238. The normalized spacial score (nSPS) is 11.5. The van der Waals surface area contributed by atoms with Crippen LogP contribution in [-0.2, 0) is 16.6 Å². The van der Waals surface area contributed by atoms with Gasteiger partial charge in [-0.05, 0) is 48.7 Å². The highest BCUT2D eigenvalue weighted by Crippen LogP contribution is 2.21. The molecule has 130 valence electrons. The molecule has 0 bridgehead atoms. The van der Waals surface area contributed by atoms with E-state index in [9.17, 15) is 12.8 Å². The molecule has 0 unspecified atom stereocenters. The molecule has 3 aromatic rings. The summed E-state index contributed by atoms with van der Waals surface area (Å²) < 4.78 is 42.6. The van der Waals surface area contributed by atoms with Crippen LogP contribution in [0.4, 0.5) is 10.2 Å². The largest absolute Gasteiger partial charge is 0.264 e. The van der Waals surface area contributed by atoms with E-state index in [1.807, 2.05) is 13.0 Å². The zero-order valence-corrected chi connectivity index (χ0v) is 14.7. The molecule has 5 nitrogen and oxygen atoms in total. The third-order valence-electron chi connectivity index (χ3n) is 3.83. The Morgan fingerprint density at radius 3 is 2.52 bits per heavy atom. The molecular weight excluding hydrogens is 341 g/mol. The van der Waals surface area contributed by atoms with Crippen molar-refractivity contribution in [3.8, 4) is 0 Å². The van der Waals surface area contributed by atoms with Crippen LogP contribution < -0.4 is 4.72 Å². The van der Waals surface area contributed by atoms with Gasteiger partial charge in [-0.2, -0.15) is 5.10 Å². The standard InChI is InChI=1S/C18H18FN3O2S/c1-13-3-4-14(2)17(11-13)25(23,24)21-18-9-10-20-22(18)12-15-5-7-16(19)8-6-15/h3-11,21H,12H2,1-2H3. The Hall–Kier alpha value is -2.67. The highest BCUT2D eigenvalue weighted by molar-refractivity contribution is 7.92. The molecule has 0 aliphatic rings. The molecule has 25 heavy (non-hydrogen) atoms. The lowest BCUT2D eigenvalue weighted by Gasteiger charge is -2.13. The number of nitrogens with zero attached hydrogens (tertiary/aromatic N) is 2. The fourth-order valence-corrected chi connectivity index (χ4v) is 3.89. The maximum Gasteiger partial charge on any atom is 0.263 e. The minimum absolute atomic E-state index is 0.238. The molecule has 0 spiro atoms. The lowest BCUT2D eigenvalue weighted by atomic mass is 10.2. The molecular formula is C18H18FN3O2S. The first kappa shape index (κ1) is 17.2. The lowest BCUT2D eigenvalue weighted by Crippen LogP contribution is -2.18. The summed E-state index contributed by atoms with van der Waals surface area (Å²) in [5.74, 6) is 0.0327. The van der Waals surface area contributed by atoms with Gasteiger partial charge < -0.3 is 0 Å². The van der Waals surface area contributed by atoms with Crippen molar-refractivity contribution in [3.63, 3.8) is 0 Å². The zero-order chi connectivity index (χ0) is 18.0. The van der Waals surface area contributed by atoms with Gasteiger partial charge in [0.15, 0.2) is 0 Å². The molecule has 2 aromatic carbocycles. The first-order chi connectivity index (χ1) is 11.8. The zero-order valence-electron chi connectivity index (χ0n) is 13.9. The second-order valence-electron chi connectivity index (χ2n) is 5.88. The van der Waals surface area contributed by atoms with E-state index >= 15 is 0 Å². The van der Waals surface area contributed by atoms with Crippen LogP contribution in [0, 0.1) is 19.7 Å². The number of anilines is 1. The van der Waals surface area contributed by atoms with E-state index in [-0.39, 0.29) is 10.7 Å². The van der Waals surface area contributed by atoms with Gasteiger partial charge in [0, 0.05) is 6.07 Å². The number of hydrogen-bond acceptors (Lipinski definition) is 3. The Bertz CT molecular complexity index is 995. The van der Waals surface area contributed by atoms with Crippen LogP contribution in [0.25, 0.3) is 0 Å². The molecule has 1 N–H and O–H groups in total. The van der Waals surface area contributed by atoms with Crippen LogP contribution in [-0.4, -0.2) is 18.2 Å². The van der Waals surface area contributed by atoms with Crippen molar-refractivity contribution in [2.45, 2.75) is 25.3 Å². The fraction of sp³-hybridized carbons (Fsp3) is 0.167. The van der Waals surface area contributed by atoms with Crippen LogP contribution in [0.2, 0.25) is 0 Å². The van der Waals surface area contributed by atoms with Crippen molar-refractivity contribution >= 4 is 15.8 Å². The molecule has 0 fully saturated rings. The average molecular weight is 359 g/mol. The SMILES string of the molecule is Cc1ccc(C)c(S(=O)(=O)Nc2ccnn2Cc2ccc(F)cc2)c1. The fourth-order valence-electron chi connectivity index (χ4n) is 2.50. The number of halogens is 1. The third kappa shape index (κ3) is 3.88. The van der Waals surface area contributed by atoms with Gasteiger partial charge in [0.25, 0.3) is 10.0 Å². The van der Waals surface area contributed by atoms with E-state index in [0.29, 0.717) is 17.9 Å². The van der Waals surface area contributed by atoms with Crippen molar-refractivity contribution in [1.29, 1.82) is 0 Å². The molecule has 1 aromatic heterocycles. The molecule has 1 heterocycles. The quantitative estimate of drug-likeness (QED) is 0.758. The summed E-state index contributed by atoms with van der Waals surface area (Å²) in [6, 6.07) is 12.9. The Morgan fingerprint density at radius 2 is 1.80 bits per heavy atom. The van der Waals surface area contributed by atoms with Crippen LogP contribution in [0.3, 0.4) is 0 Å². The first-order valence-electron chi connectivity index (χ1n) is 7.71. The second-order valence-corrected chi connectivity index (χ2v) is 7.53. The second kappa shape index (κ2) is 6.68. The average Bonchev–Trinajstić information content (AvgIpc) is 2.98. The summed E-state index contributed by atoms with van der Waals surface area (Å²) in [5, 5.41) is 4.15. The van der Waals surface area contributed by atoms with Crippen LogP contribution in [0.5, 0.6) is 0 Å². The summed E-state index contributed by atoms with van der Waals surface area (Å²) in [5.41, 5.74) is 2.35. The van der Waals surface area contributed by atoms with Gasteiger partial charge in [0.05, 0.1) is 17.6 Å². The van der Waals surface area contributed by atoms with Crippen molar-refractivity contribution in [2.75, 3.05) is 4.72 Å². The highest BCUT2D eigenvalue weighted by atomic mass is 32.2. The van der Waals surface area contributed by atoms with Gasteiger partial charge in [-0.3, -0.25) is 4.72 Å². The smallest absolute Gasteiger partial charge is 0.263 e. The van der Waals surface area contributed by atoms with Gasteiger partial charge in [-0.1, -0.05) is 24.3 Å². The monoisotopic (exact) mass is 359 g/mol. The van der Waals surface area contributed by atoms with Crippen molar-refractivity contribution < 1.29 is 12.8 Å². The number of benzene rings is 2. The lowest BCUT2D eigenvalue weighted by molar-refractivity contribution is 0.599. The van der Waals surface area contributed by atoms with Crippen molar-refractivity contribution in [2.24, 2.45) is 0 Å². The Labute approximate surface area is 146 Å². The van der Waals surface area contributed by atoms with Crippen LogP contribution >= 0.6 is 0 Å². The molecule has 0 saturated heterocycles. The number of aryl methyl sites for hydroxylation is 2. The molecule has 7 heteroatoms. The van der Waals surface area contributed by atoms with Gasteiger partial charge in [0.1, 0.15) is 11.6 Å². The molecule has 0 saturated carbocycles. The van der Waals surface area contributed by atoms with E-state index in [1.54, 1.807) is 37.3 Å². The van der Waals surface area contributed by atoms with Crippen molar-refractivity contribution in [1.82, 2.24) is 9.78 Å². The van der Waals surface area contributed by atoms with Gasteiger partial charge in [0.2, 0.25) is 0 Å². The molecule has 0 radical (unpaired) electrons. The molecule has 0 atom stereocenters. The number of hydrogen-bond donors (Lipinski definition) is 1. The van der Waals surface area contributed by atoms with E-state index in [1.165, 1.54) is 23.0 Å². The predicted molar refractivity (Wildman–Crippen MR) is 94.5 cm³/mol.